The Hall–Kier alpha value is -2.62. The molecule has 1 fully saturated rings. The summed E-state index contributed by atoms with van der Waals surface area (Å²) in [6, 6.07) is 13.6. The lowest BCUT2D eigenvalue weighted by atomic mass is 10.0. The Bertz CT molecular complexity index is 803. The molecule has 0 saturated carbocycles. The average Bonchev–Trinajstić information content (AvgIpc) is 2.69. The molecule has 1 heterocycles. The normalized spacial score (nSPS) is 14.4. The van der Waals surface area contributed by atoms with Crippen molar-refractivity contribution in [1.82, 2.24) is 9.80 Å². The molecule has 1 aliphatic rings. The van der Waals surface area contributed by atoms with Gasteiger partial charge < -0.3 is 9.80 Å². The molecule has 4 nitrogen and oxygen atoms in total. The molecule has 0 radical (unpaired) electrons. The van der Waals surface area contributed by atoms with Crippen molar-refractivity contribution in [1.29, 1.82) is 0 Å². The molecular formula is C22H26N2O2. The lowest BCUT2D eigenvalue weighted by Crippen LogP contribution is -2.50. The number of hydrogen-bond donors (Lipinski definition) is 0. The Balaban J connectivity index is 1.64. The van der Waals surface area contributed by atoms with Gasteiger partial charge in [0.1, 0.15) is 0 Å². The van der Waals surface area contributed by atoms with Gasteiger partial charge in [-0.1, -0.05) is 31.2 Å². The summed E-state index contributed by atoms with van der Waals surface area (Å²) in [6.07, 6.45) is 0.966. The fourth-order valence-corrected chi connectivity index (χ4v) is 3.33. The molecule has 4 heteroatoms. The third-order valence-corrected chi connectivity index (χ3v) is 5.30. The van der Waals surface area contributed by atoms with E-state index in [1.807, 2.05) is 66.1 Å². The van der Waals surface area contributed by atoms with Crippen LogP contribution in [0.1, 0.15) is 44.3 Å². The Morgan fingerprint density at radius 3 is 2.00 bits per heavy atom. The summed E-state index contributed by atoms with van der Waals surface area (Å²) in [4.78, 5) is 29.2. The predicted molar refractivity (Wildman–Crippen MR) is 104 cm³/mol. The van der Waals surface area contributed by atoms with E-state index in [1.165, 1.54) is 5.56 Å². The quantitative estimate of drug-likeness (QED) is 0.850. The van der Waals surface area contributed by atoms with E-state index in [0.29, 0.717) is 26.2 Å². The van der Waals surface area contributed by atoms with E-state index in [1.54, 1.807) is 0 Å². The van der Waals surface area contributed by atoms with Gasteiger partial charge in [-0.25, -0.2) is 0 Å². The molecule has 2 aromatic carbocycles. The van der Waals surface area contributed by atoms with Crippen LogP contribution in [0.4, 0.5) is 0 Å². The predicted octanol–water partition coefficient (Wildman–Crippen LogP) is 3.46. The lowest BCUT2D eigenvalue weighted by molar-refractivity contribution is 0.0535. The smallest absolute Gasteiger partial charge is 0.254 e. The number of amides is 2. The van der Waals surface area contributed by atoms with Crippen LogP contribution in [0.15, 0.2) is 42.5 Å². The summed E-state index contributed by atoms with van der Waals surface area (Å²) in [7, 11) is 0. The molecule has 3 rings (SSSR count). The number of piperazine rings is 1. The molecule has 0 aromatic heterocycles. The van der Waals surface area contributed by atoms with E-state index in [9.17, 15) is 9.59 Å². The van der Waals surface area contributed by atoms with Gasteiger partial charge in [-0.3, -0.25) is 9.59 Å². The number of hydrogen-bond acceptors (Lipinski definition) is 2. The van der Waals surface area contributed by atoms with Gasteiger partial charge in [0.05, 0.1) is 0 Å². The van der Waals surface area contributed by atoms with Gasteiger partial charge in [-0.05, 0) is 55.2 Å². The molecule has 2 aromatic rings. The summed E-state index contributed by atoms with van der Waals surface area (Å²) >= 11 is 0. The first-order chi connectivity index (χ1) is 12.5. The molecule has 0 atom stereocenters. The van der Waals surface area contributed by atoms with Gasteiger partial charge in [0, 0.05) is 37.3 Å². The topological polar surface area (TPSA) is 40.6 Å². The Morgan fingerprint density at radius 1 is 0.846 bits per heavy atom. The van der Waals surface area contributed by atoms with Crippen molar-refractivity contribution in [3.05, 3.63) is 70.3 Å². The summed E-state index contributed by atoms with van der Waals surface area (Å²) in [5.74, 6) is 0.108. The highest BCUT2D eigenvalue weighted by molar-refractivity contribution is 5.97. The van der Waals surface area contributed by atoms with E-state index >= 15 is 0 Å². The van der Waals surface area contributed by atoms with E-state index in [0.717, 1.165) is 28.7 Å². The van der Waals surface area contributed by atoms with Gasteiger partial charge in [-0.15, -0.1) is 0 Å². The second kappa shape index (κ2) is 7.73. The molecule has 26 heavy (non-hydrogen) atoms. The fourth-order valence-electron chi connectivity index (χ4n) is 3.33. The molecule has 0 unspecified atom stereocenters. The third-order valence-electron chi connectivity index (χ3n) is 5.30. The third kappa shape index (κ3) is 3.64. The van der Waals surface area contributed by atoms with Gasteiger partial charge in [-0.2, -0.15) is 0 Å². The largest absolute Gasteiger partial charge is 0.335 e. The van der Waals surface area contributed by atoms with Crippen molar-refractivity contribution in [2.24, 2.45) is 0 Å². The Kier molecular flexibility index (Phi) is 5.40. The Labute approximate surface area is 155 Å². The zero-order valence-electron chi connectivity index (χ0n) is 15.8. The summed E-state index contributed by atoms with van der Waals surface area (Å²) < 4.78 is 0. The molecule has 136 valence electrons. The van der Waals surface area contributed by atoms with Gasteiger partial charge >= 0.3 is 0 Å². The first-order valence-electron chi connectivity index (χ1n) is 9.25. The molecular weight excluding hydrogens is 324 g/mol. The van der Waals surface area contributed by atoms with Crippen molar-refractivity contribution < 1.29 is 9.59 Å². The van der Waals surface area contributed by atoms with Crippen LogP contribution in [0.3, 0.4) is 0 Å². The van der Waals surface area contributed by atoms with Crippen LogP contribution < -0.4 is 0 Å². The molecule has 1 saturated heterocycles. The highest BCUT2D eigenvalue weighted by atomic mass is 16.2. The van der Waals surface area contributed by atoms with Gasteiger partial charge in [0.15, 0.2) is 0 Å². The zero-order chi connectivity index (χ0) is 18.7. The second-order valence-electron chi connectivity index (χ2n) is 6.88. The highest BCUT2D eigenvalue weighted by Crippen LogP contribution is 2.17. The van der Waals surface area contributed by atoms with Crippen LogP contribution in [-0.4, -0.2) is 47.8 Å². The van der Waals surface area contributed by atoms with Gasteiger partial charge in [0.2, 0.25) is 0 Å². The number of carbonyl (C=O) groups is 2. The number of nitrogens with zero attached hydrogens (tertiary/aromatic N) is 2. The maximum absolute atomic E-state index is 12.8. The van der Waals surface area contributed by atoms with E-state index in [4.69, 9.17) is 0 Å². The maximum Gasteiger partial charge on any atom is 0.254 e. The van der Waals surface area contributed by atoms with Crippen molar-refractivity contribution >= 4 is 11.8 Å². The number of aryl methyl sites for hydroxylation is 2. The van der Waals surface area contributed by atoms with Crippen LogP contribution in [0, 0.1) is 13.8 Å². The number of rotatable bonds is 3. The minimum atomic E-state index is 0.0477. The van der Waals surface area contributed by atoms with Crippen LogP contribution in [0.25, 0.3) is 0 Å². The second-order valence-corrected chi connectivity index (χ2v) is 6.88. The first kappa shape index (κ1) is 18.2. The van der Waals surface area contributed by atoms with Crippen molar-refractivity contribution in [3.63, 3.8) is 0 Å². The number of benzene rings is 2. The summed E-state index contributed by atoms with van der Waals surface area (Å²) in [5.41, 5.74) is 4.87. The van der Waals surface area contributed by atoms with Gasteiger partial charge in [0.25, 0.3) is 11.8 Å². The maximum atomic E-state index is 12.8. The SMILES string of the molecule is CCc1ccc(C(=O)N2CCN(C(=O)c3cccc(C)c3C)CC2)cc1. The molecule has 0 bridgehead atoms. The summed E-state index contributed by atoms with van der Waals surface area (Å²) in [5, 5.41) is 0. The average molecular weight is 350 g/mol. The molecule has 0 aliphatic carbocycles. The molecule has 2 amide bonds. The van der Waals surface area contributed by atoms with E-state index in [2.05, 4.69) is 6.92 Å². The minimum Gasteiger partial charge on any atom is -0.335 e. The summed E-state index contributed by atoms with van der Waals surface area (Å²) in [6.45, 7) is 8.41. The first-order valence-corrected chi connectivity index (χ1v) is 9.25. The lowest BCUT2D eigenvalue weighted by Gasteiger charge is -2.35. The minimum absolute atomic E-state index is 0.0477. The van der Waals surface area contributed by atoms with Crippen LogP contribution in [-0.2, 0) is 6.42 Å². The molecule has 1 aliphatic heterocycles. The molecule has 0 spiro atoms. The van der Waals surface area contributed by atoms with Crippen LogP contribution in [0.2, 0.25) is 0 Å². The van der Waals surface area contributed by atoms with Crippen LogP contribution >= 0.6 is 0 Å². The fraction of sp³-hybridized carbons (Fsp3) is 0.364. The van der Waals surface area contributed by atoms with E-state index < -0.39 is 0 Å². The van der Waals surface area contributed by atoms with E-state index in [-0.39, 0.29) is 11.8 Å². The van der Waals surface area contributed by atoms with Crippen LogP contribution in [0.5, 0.6) is 0 Å². The van der Waals surface area contributed by atoms with Crippen molar-refractivity contribution in [2.45, 2.75) is 27.2 Å². The molecule has 0 N–H and O–H groups in total. The highest BCUT2D eigenvalue weighted by Gasteiger charge is 2.26. The number of carbonyl (C=O) groups excluding carboxylic acids is 2. The Morgan fingerprint density at radius 2 is 1.42 bits per heavy atom. The standard InChI is InChI=1S/C22H26N2O2/c1-4-18-8-10-19(11-9-18)21(25)23-12-14-24(15-13-23)22(26)20-7-5-6-16(2)17(20)3/h5-11H,4,12-15H2,1-3H3. The van der Waals surface area contributed by atoms with Crippen molar-refractivity contribution in [3.8, 4) is 0 Å². The van der Waals surface area contributed by atoms with Crippen molar-refractivity contribution in [2.75, 3.05) is 26.2 Å². The monoisotopic (exact) mass is 350 g/mol. The zero-order valence-corrected chi connectivity index (χ0v) is 15.8.